The van der Waals surface area contributed by atoms with Crippen molar-refractivity contribution in [3.05, 3.63) is 34.4 Å². The van der Waals surface area contributed by atoms with Gasteiger partial charge in [-0.05, 0) is 59.8 Å². The molecule has 4 nitrogen and oxygen atoms in total. The molecule has 0 radical (unpaired) electrons. The van der Waals surface area contributed by atoms with E-state index in [0.29, 0.717) is 12.1 Å². The van der Waals surface area contributed by atoms with E-state index in [1.165, 1.54) is 6.42 Å². The number of hydrogen-bond acceptors (Lipinski definition) is 2. The van der Waals surface area contributed by atoms with Crippen LogP contribution >= 0.6 is 0 Å². The van der Waals surface area contributed by atoms with Crippen molar-refractivity contribution in [1.82, 2.24) is 4.90 Å². The molecule has 1 aliphatic carbocycles. The van der Waals surface area contributed by atoms with E-state index < -0.39 is 11.9 Å². The molecule has 0 aromatic heterocycles. The Bertz CT molecular complexity index is 737. The van der Waals surface area contributed by atoms with Gasteiger partial charge >= 0.3 is 5.97 Å². The molecule has 1 aromatic rings. The van der Waals surface area contributed by atoms with Gasteiger partial charge < -0.3 is 10.0 Å². The minimum absolute atomic E-state index is 0.00508. The monoisotopic (exact) mass is 343 g/mol. The quantitative estimate of drug-likeness (QED) is 0.889. The zero-order valence-electron chi connectivity index (χ0n) is 16.0. The molecule has 1 aliphatic heterocycles. The van der Waals surface area contributed by atoms with Crippen molar-refractivity contribution in [1.29, 1.82) is 0 Å². The summed E-state index contributed by atoms with van der Waals surface area (Å²) in [6.45, 7) is 9.13. The van der Waals surface area contributed by atoms with Crippen LogP contribution in [0.5, 0.6) is 0 Å². The standard InChI is InChI=1S/C21H29NO3/c1-13(19(24)25)17-15-11-22(5)18(23)14(15)7-8-16(17)21(4)10-6-9-20(2,3)12-21/h7-8,13H,6,9-12H2,1-5H3,(H,24,25)/t13-,21+/m1/s1. The Labute approximate surface area is 150 Å². The molecule has 1 fully saturated rings. The van der Waals surface area contributed by atoms with Crippen LogP contribution in [0.3, 0.4) is 0 Å². The number of hydrogen-bond donors (Lipinski definition) is 1. The third kappa shape index (κ3) is 2.96. The fraction of sp³-hybridized carbons (Fsp3) is 0.619. The molecule has 2 atom stereocenters. The summed E-state index contributed by atoms with van der Waals surface area (Å²) in [5.74, 6) is -1.43. The Kier molecular flexibility index (Phi) is 4.21. The van der Waals surface area contributed by atoms with Crippen molar-refractivity contribution in [2.75, 3.05) is 7.05 Å². The minimum Gasteiger partial charge on any atom is -0.481 e. The molecule has 0 spiro atoms. The molecule has 3 rings (SSSR count). The van der Waals surface area contributed by atoms with E-state index in [0.717, 1.165) is 36.0 Å². The lowest BCUT2D eigenvalue weighted by atomic mass is 9.60. The Hall–Kier alpha value is -1.84. The smallest absolute Gasteiger partial charge is 0.310 e. The van der Waals surface area contributed by atoms with Crippen LogP contribution in [0, 0.1) is 5.41 Å². The van der Waals surface area contributed by atoms with Crippen molar-refractivity contribution in [3.8, 4) is 0 Å². The molecule has 2 aliphatic rings. The number of rotatable bonds is 3. The molecule has 1 saturated carbocycles. The van der Waals surface area contributed by atoms with Crippen molar-refractivity contribution in [3.63, 3.8) is 0 Å². The third-order valence-corrected chi connectivity index (χ3v) is 6.23. The maximum Gasteiger partial charge on any atom is 0.310 e. The SMILES string of the molecule is C[C@@H](C(=O)O)c1c([C@@]2(C)CCCC(C)(C)C2)ccc2c1CN(C)C2=O. The van der Waals surface area contributed by atoms with Crippen LogP contribution in [-0.2, 0) is 16.8 Å². The largest absolute Gasteiger partial charge is 0.481 e. The van der Waals surface area contributed by atoms with E-state index in [-0.39, 0.29) is 16.7 Å². The third-order valence-electron chi connectivity index (χ3n) is 6.23. The maximum atomic E-state index is 12.4. The number of fused-ring (bicyclic) bond motifs is 1. The van der Waals surface area contributed by atoms with Gasteiger partial charge in [0.15, 0.2) is 0 Å². The summed E-state index contributed by atoms with van der Waals surface area (Å²) in [4.78, 5) is 25.9. The molecule has 0 saturated heterocycles. The summed E-state index contributed by atoms with van der Waals surface area (Å²) in [5, 5.41) is 9.71. The van der Waals surface area contributed by atoms with Gasteiger partial charge in [0.05, 0.1) is 5.92 Å². The lowest BCUT2D eigenvalue weighted by molar-refractivity contribution is -0.138. The van der Waals surface area contributed by atoms with Crippen LogP contribution < -0.4 is 0 Å². The average Bonchev–Trinajstić information content (AvgIpc) is 2.79. The predicted molar refractivity (Wildman–Crippen MR) is 97.9 cm³/mol. The summed E-state index contributed by atoms with van der Waals surface area (Å²) >= 11 is 0. The Balaban J connectivity index is 2.19. The highest BCUT2D eigenvalue weighted by Crippen LogP contribution is 2.50. The van der Waals surface area contributed by atoms with Crippen molar-refractivity contribution < 1.29 is 14.7 Å². The Morgan fingerprint density at radius 1 is 1.24 bits per heavy atom. The fourth-order valence-electron chi connectivity index (χ4n) is 5.11. The van der Waals surface area contributed by atoms with Gasteiger partial charge in [-0.3, -0.25) is 9.59 Å². The highest BCUT2D eigenvalue weighted by molar-refractivity contribution is 5.99. The van der Waals surface area contributed by atoms with Gasteiger partial charge in [-0.15, -0.1) is 0 Å². The highest BCUT2D eigenvalue weighted by Gasteiger charge is 2.42. The second-order valence-electron chi connectivity index (χ2n) is 9.03. The van der Waals surface area contributed by atoms with Crippen LogP contribution in [0.1, 0.15) is 86.3 Å². The number of aliphatic carboxylic acids is 1. The van der Waals surface area contributed by atoms with Crippen molar-refractivity contribution in [2.24, 2.45) is 5.41 Å². The molecule has 136 valence electrons. The summed E-state index contributed by atoms with van der Waals surface area (Å²) in [6.07, 6.45) is 4.47. The number of amides is 1. The lowest BCUT2D eigenvalue weighted by Gasteiger charge is -2.44. The molecule has 0 unspecified atom stereocenters. The van der Waals surface area contributed by atoms with Gasteiger partial charge in [0, 0.05) is 19.2 Å². The van der Waals surface area contributed by atoms with E-state index in [1.54, 1.807) is 18.9 Å². The summed E-state index contributed by atoms with van der Waals surface area (Å²) in [7, 11) is 1.78. The van der Waals surface area contributed by atoms with Gasteiger partial charge in [0.25, 0.3) is 5.91 Å². The normalized spacial score (nSPS) is 26.4. The molecule has 4 heteroatoms. The minimum atomic E-state index is -0.824. The zero-order chi connectivity index (χ0) is 18.6. The molecule has 1 heterocycles. The maximum absolute atomic E-state index is 12.4. The van der Waals surface area contributed by atoms with Crippen LogP contribution in [0.15, 0.2) is 12.1 Å². The fourth-order valence-corrected chi connectivity index (χ4v) is 5.11. The molecule has 1 N–H and O–H groups in total. The topological polar surface area (TPSA) is 57.6 Å². The number of benzene rings is 1. The second kappa shape index (κ2) is 5.86. The molecule has 25 heavy (non-hydrogen) atoms. The number of carboxylic acid groups (broad SMARTS) is 1. The van der Waals surface area contributed by atoms with Gasteiger partial charge in [-0.1, -0.05) is 33.3 Å². The van der Waals surface area contributed by atoms with Crippen LogP contribution in [-0.4, -0.2) is 28.9 Å². The summed E-state index contributed by atoms with van der Waals surface area (Å²) in [6, 6.07) is 3.95. The zero-order valence-corrected chi connectivity index (χ0v) is 16.0. The highest BCUT2D eigenvalue weighted by atomic mass is 16.4. The van der Waals surface area contributed by atoms with Crippen LogP contribution in [0.2, 0.25) is 0 Å². The number of nitrogens with zero attached hydrogens (tertiary/aromatic N) is 1. The predicted octanol–water partition coefficient (Wildman–Crippen LogP) is 4.32. The number of carbonyl (C=O) groups is 2. The molecule has 1 amide bonds. The molecule has 1 aromatic carbocycles. The van der Waals surface area contributed by atoms with Crippen molar-refractivity contribution in [2.45, 2.75) is 71.3 Å². The molecular formula is C21H29NO3. The first-order valence-corrected chi connectivity index (χ1v) is 9.20. The number of carbonyl (C=O) groups excluding carboxylic acids is 1. The Morgan fingerprint density at radius 3 is 2.52 bits per heavy atom. The average molecular weight is 343 g/mol. The van der Waals surface area contributed by atoms with Crippen molar-refractivity contribution >= 4 is 11.9 Å². The van der Waals surface area contributed by atoms with Gasteiger partial charge in [-0.25, -0.2) is 0 Å². The lowest BCUT2D eigenvalue weighted by Crippen LogP contribution is -2.36. The Morgan fingerprint density at radius 2 is 1.92 bits per heavy atom. The van der Waals surface area contributed by atoms with E-state index in [9.17, 15) is 14.7 Å². The van der Waals surface area contributed by atoms with Crippen LogP contribution in [0.25, 0.3) is 0 Å². The first-order chi connectivity index (χ1) is 11.6. The summed E-state index contributed by atoms with van der Waals surface area (Å²) in [5.41, 5.74) is 3.82. The van der Waals surface area contributed by atoms with E-state index in [4.69, 9.17) is 0 Å². The first kappa shape index (κ1) is 18.0. The first-order valence-electron chi connectivity index (χ1n) is 9.20. The van der Waals surface area contributed by atoms with Crippen LogP contribution in [0.4, 0.5) is 0 Å². The van der Waals surface area contributed by atoms with Gasteiger partial charge in [-0.2, -0.15) is 0 Å². The molecular weight excluding hydrogens is 314 g/mol. The second-order valence-corrected chi connectivity index (χ2v) is 9.03. The number of carboxylic acids is 1. The van der Waals surface area contributed by atoms with Gasteiger partial charge in [0.2, 0.25) is 0 Å². The van der Waals surface area contributed by atoms with E-state index >= 15 is 0 Å². The summed E-state index contributed by atoms with van der Waals surface area (Å²) < 4.78 is 0. The molecule has 0 bridgehead atoms. The van der Waals surface area contributed by atoms with E-state index in [2.05, 4.69) is 20.8 Å². The van der Waals surface area contributed by atoms with Gasteiger partial charge in [0.1, 0.15) is 0 Å². The van der Waals surface area contributed by atoms with E-state index in [1.807, 2.05) is 12.1 Å².